The quantitative estimate of drug-likeness (QED) is 0.939. The molecule has 1 N–H and O–H groups in total. The number of nitrogens with zero attached hydrogens (tertiary/aromatic N) is 2. The van der Waals surface area contributed by atoms with Crippen LogP contribution in [-0.4, -0.2) is 24.0 Å². The summed E-state index contributed by atoms with van der Waals surface area (Å²) in [6.45, 7) is 4.21. The summed E-state index contributed by atoms with van der Waals surface area (Å²) in [5.74, 6) is -0.135. The number of amides is 1. The average molecular weight is 295 g/mol. The Morgan fingerprint density at radius 3 is 2.59 bits per heavy atom. The number of carbonyl (C=O) groups is 1. The molecule has 1 aromatic carbocycles. The molecule has 0 bridgehead atoms. The second kappa shape index (κ2) is 6.60. The number of nitrogens with one attached hydrogen (secondary N) is 1. The van der Waals surface area contributed by atoms with Gasteiger partial charge in [-0.15, -0.1) is 0 Å². The molecule has 0 unspecified atom stereocenters. The number of carbonyl (C=O) groups excluding carboxylic acids is 1. The zero-order valence-corrected chi connectivity index (χ0v) is 12.9. The van der Waals surface area contributed by atoms with Gasteiger partial charge in [-0.3, -0.25) is 9.78 Å². The van der Waals surface area contributed by atoms with Gasteiger partial charge < -0.3 is 10.2 Å². The highest BCUT2D eigenvalue weighted by atomic mass is 16.1. The molecule has 2 heterocycles. The van der Waals surface area contributed by atoms with E-state index >= 15 is 0 Å². The van der Waals surface area contributed by atoms with Crippen LogP contribution in [0.3, 0.4) is 0 Å². The van der Waals surface area contributed by atoms with Crippen molar-refractivity contribution in [2.75, 3.05) is 23.3 Å². The van der Waals surface area contributed by atoms with Gasteiger partial charge in [0.2, 0.25) is 0 Å². The summed E-state index contributed by atoms with van der Waals surface area (Å²) < 4.78 is 0. The molecule has 0 spiro atoms. The summed E-state index contributed by atoms with van der Waals surface area (Å²) in [5.41, 5.74) is 3.53. The summed E-state index contributed by atoms with van der Waals surface area (Å²) in [6, 6.07) is 11.5. The number of para-hydroxylation sites is 1. The Hall–Kier alpha value is -2.36. The van der Waals surface area contributed by atoms with Gasteiger partial charge in [-0.2, -0.15) is 0 Å². The first-order valence-corrected chi connectivity index (χ1v) is 7.89. The monoisotopic (exact) mass is 295 g/mol. The largest absolute Gasteiger partial charge is 0.371 e. The average Bonchev–Trinajstić information content (AvgIpc) is 3.09. The number of aromatic nitrogens is 1. The van der Waals surface area contributed by atoms with E-state index in [9.17, 15) is 4.79 Å². The Morgan fingerprint density at radius 1 is 1.18 bits per heavy atom. The van der Waals surface area contributed by atoms with E-state index in [1.165, 1.54) is 12.8 Å². The van der Waals surface area contributed by atoms with Gasteiger partial charge in [0.05, 0.1) is 0 Å². The van der Waals surface area contributed by atoms with E-state index in [0.717, 1.165) is 36.4 Å². The first kappa shape index (κ1) is 14.6. The third kappa shape index (κ3) is 2.96. The molecule has 3 rings (SSSR count). The molecule has 0 aliphatic carbocycles. The van der Waals surface area contributed by atoms with Gasteiger partial charge in [-0.1, -0.05) is 25.1 Å². The predicted molar refractivity (Wildman–Crippen MR) is 89.5 cm³/mol. The standard InChI is InChI=1S/C18H21N3O/c1-2-15-16(21-12-6-7-13-21)10-11-19-17(15)18(22)20-14-8-4-3-5-9-14/h3-5,8-11H,2,6-7,12-13H2,1H3,(H,20,22). The molecule has 22 heavy (non-hydrogen) atoms. The molecule has 1 fully saturated rings. The van der Waals surface area contributed by atoms with E-state index < -0.39 is 0 Å². The summed E-state index contributed by atoms with van der Waals surface area (Å²) in [6.07, 6.45) is 4.98. The lowest BCUT2D eigenvalue weighted by atomic mass is 10.1. The van der Waals surface area contributed by atoms with Crippen LogP contribution >= 0.6 is 0 Å². The summed E-state index contributed by atoms with van der Waals surface area (Å²) >= 11 is 0. The van der Waals surface area contributed by atoms with Gasteiger partial charge in [0.25, 0.3) is 5.91 Å². The van der Waals surface area contributed by atoms with Gasteiger partial charge in [0, 0.05) is 36.2 Å². The van der Waals surface area contributed by atoms with Crippen LogP contribution in [0.5, 0.6) is 0 Å². The van der Waals surface area contributed by atoms with Crippen LogP contribution in [-0.2, 0) is 6.42 Å². The second-order valence-corrected chi connectivity index (χ2v) is 5.53. The third-order valence-corrected chi connectivity index (χ3v) is 4.08. The molecule has 0 atom stereocenters. The Balaban J connectivity index is 1.89. The molecule has 1 amide bonds. The molecule has 4 nitrogen and oxygen atoms in total. The number of anilines is 2. The molecule has 2 aromatic rings. The van der Waals surface area contributed by atoms with Crippen LogP contribution in [0.4, 0.5) is 11.4 Å². The van der Waals surface area contributed by atoms with Crippen LogP contribution in [0.2, 0.25) is 0 Å². The van der Waals surface area contributed by atoms with Gasteiger partial charge in [-0.25, -0.2) is 0 Å². The smallest absolute Gasteiger partial charge is 0.274 e. The molecule has 1 saturated heterocycles. The Kier molecular flexibility index (Phi) is 4.37. The number of hydrogen-bond donors (Lipinski definition) is 1. The fourth-order valence-electron chi connectivity index (χ4n) is 2.99. The molecular weight excluding hydrogens is 274 g/mol. The minimum absolute atomic E-state index is 0.135. The molecule has 1 aromatic heterocycles. The maximum Gasteiger partial charge on any atom is 0.274 e. The lowest BCUT2D eigenvalue weighted by Gasteiger charge is -2.22. The summed E-state index contributed by atoms with van der Waals surface area (Å²) in [7, 11) is 0. The van der Waals surface area contributed by atoms with Crippen LogP contribution in [0.15, 0.2) is 42.6 Å². The topological polar surface area (TPSA) is 45.2 Å². The van der Waals surface area contributed by atoms with E-state index in [-0.39, 0.29) is 5.91 Å². The van der Waals surface area contributed by atoms with Crippen molar-refractivity contribution in [3.05, 3.63) is 53.9 Å². The van der Waals surface area contributed by atoms with Gasteiger partial charge in [0.1, 0.15) is 5.69 Å². The van der Waals surface area contributed by atoms with Crippen molar-refractivity contribution in [2.45, 2.75) is 26.2 Å². The minimum Gasteiger partial charge on any atom is -0.371 e. The van der Waals surface area contributed by atoms with Crippen molar-refractivity contribution in [3.63, 3.8) is 0 Å². The predicted octanol–water partition coefficient (Wildman–Crippen LogP) is 3.50. The van der Waals surface area contributed by atoms with E-state index in [0.29, 0.717) is 5.69 Å². The fraction of sp³-hybridized carbons (Fsp3) is 0.333. The normalized spacial score (nSPS) is 14.1. The zero-order chi connectivity index (χ0) is 15.4. The van der Waals surface area contributed by atoms with E-state index in [1.807, 2.05) is 36.4 Å². The van der Waals surface area contributed by atoms with Crippen LogP contribution < -0.4 is 10.2 Å². The summed E-state index contributed by atoms with van der Waals surface area (Å²) in [4.78, 5) is 19.3. The molecule has 1 aliphatic rings. The highest BCUT2D eigenvalue weighted by Crippen LogP contribution is 2.27. The van der Waals surface area contributed by atoms with E-state index in [1.54, 1.807) is 6.20 Å². The van der Waals surface area contributed by atoms with Gasteiger partial charge in [0.15, 0.2) is 0 Å². The van der Waals surface area contributed by atoms with Crippen molar-refractivity contribution < 1.29 is 4.79 Å². The number of rotatable bonds is 4. The lowest BCUT2D eigenvalue weighted by Crippen LogP contribution is -2.23. The van der Waals surface area contributed by atoms with Crippen molar-refractivity contribution >= 4 is 17.3 Å². The maximum atomic E-state index is 12.6. The summed E-state index contributed by atoms with van der Waals surface area (Å²) in [5, 5.41) is 2.93. The van der Waals surface area contributed by atoms with Crippen LogP contribution in [0, 0.1) is 0 Å². The highest BCUT2D eigenvalue weighted by Gasteiger charge is 2.20. The van der Waals surface area contributed by atoms with E-state index in [4.69, 9.17) is 0 Å². The highest BCUT2D eigenvalue weighted by molar-refractivity contribution is 6.04. The molecule has 1 aliphatic heterocycles. The second-order valence-electron chi connectivity index (χ2n) is 5.53. The molecule has 114 valence electrons. The fourth-order valence-corrected chi connectivity index (χ4v) is 2.99. The van der Waals surface area contributed by atoms with Crippen molar-refractivity contribution in [1.29, 1.82) is 0 Å². The van der Waals surface area contributed by atoms with Crippen molar-refractivity contribution in [3.8, 4) is 0 Å². The number of benzene rings is 1. The van der Waals surface area contributed by atoms with Crippen molar-refractivity contribution in [1.82, 2.24) is 4.98 Å². The molecule has 0 radical (unpaired) electrons. The van der Waals surface area contributed by atoms with Crippen LogP contribution in [0.1, 0.15) is 35.8 Å². The van der Waals surface area contributed by atoms with Gasteiger partial charge in [-0.05, 0) is 37.5 Å². The lowest BCUT2D eigenvalue weighted by molar-refractivity contribution is 0.102. The molecular formula is C18H21N3O. The van der Waals surface area contributed by atoms with Crippen molar-refractivity contribution in [2.24, 2.45) is 0 Å². The molecule has 4 heteroatoms. The third-order valence-electron chi connectivity index (χ3n) is 4.08. The number of hydrogen-bond acceptors (Lipinski definition) is 3. The van der Waals surface area contributed by atoms with Crippen LogP contribution in [0.25, 0.3) is 0 Å². The first-order valence-electron chi connectivity index (χ1n) is 7.89. The maximum absolute atomic E-state index is 12.6. The Labute approximate surface area is 131 Å². The van der Waals surface area contributed by atoms with E-state index in [2.05, 4.69) is 22.1 Å². The Bertz CT molecular complexity index is 649. The Morgan fingerprint density at radius 2 is 1.91 bits per heavy atom. The first-order chi connectivity index (χ1) is 10.8. The number of pyridine rings is 1. The minimum atomic E-state index is -0.135. The molecule has 0 saturated carbocycles. The zero-order valence-electron chi connectivity index (χ0n) is 12.9. The van der Waals surface area contributed by atoms with Gasteiger partial charge >= 0.3 is 0 Å². The SMILES string of the molecule is CCc1c(N2CCCC2)ccnc1C(=O)Nc1ccccc1.